The van der Waals surface area contributed by atoms with Crippen molar-refractivity contribution in [1.82, 2.24) is 0 Å². The third-order valence-electron chi connectivity index (χ3n) is 3.48. The molecule has 78 valence electrons. The fraction of sp³-hybridized carbons (Fsp3) is 0.750. The lowest BCUT2D eigenvalue weighted by Gasteiger charge is -2.16. The van der Waals surface area contributed by atoms with Crippen LogP contribution in [0.15, 0.2) is 11.1 Å². The first kappa shape index (κ1) is 9.75. The van der Waals surface area contributed by atoms with E-state index in [1.807, 2.05) is 6.92 Å². The molecule has 2 nitrogen and oxygen atoms in total. The predicted molar refractivity (Wildman–Crippen MR) is 54.8 cm³/mol. The van der Waals surface area contributed by atoms with Gasteiger partial charge in [-0.15, -0.1) is 0 Å². The summed E-state index contributed by atoms with van der Waals surface area (Å²) in [6.45, 7) is 6.65. The molecule has 2 aliphatic carbocycles. The zero-order valence-electron chi connectivity index (χ0n) is 9.22. The van der Waals surface area contributed by atoms with Crippen LogP contribution in [0.2, 0.25) is 0 Å². The number of carbonyl (C=O) groups excluding carboxylic acids is 1. The molecule has 1 atom stereocenters. The SMILES string of the molecule is CCOC(=O)C1C(=C2CCC2)C1(C)C. The Kier molecular flexibility index (Phi) is 2.17. The number of allylic oxidation sites excluding steroid dienone is 1. The normalized spacial score (nSPS) is 28.4. The Bertz CT molecular complexity index is 293. The van der Waals surface area contributed by atoms with Crippen molar-refractivity contribution in [2.45, 2.75) is 40.0 Å². The molecule has 0 N–H and O–H groups in total. The fourth-order valence-corrected chi connectivity index (χ4v) is 2.47. The van der Waals surface area contributed by atoms with Gasteiger partial charge in [0.1, 0.15) is 0 Å². The number of carbonyl (C=O) groups is 1. The molecule has 0 aromatic carbocycles. The van der Waals surface area contributed by atoms with E-state index >= 15 is 0 Å². The van der Waals surface area contributed by atoms with E-state index in [-0.39, 0.29) is 17.3 Å². The van der Waals surface area contributed by atoms with Crippen LogP contribution in [0.3, 0.4) is 0 Å². The van der Waals surface area contributed by atoms with E-state index in [9.17, 15) is 4.79 Å². The third kappa shape index (κ3) is 1.28. The Morgan fingerprint density at radius 1 is 1.50 bits per heavy atom. The summed E-state index contributed by atoms with van der Waals surface area (Å²) in [6.07, 6.45) is 3.70. The molecule has 0 radical (unpaired) electrons. The topological polar surface area (TPSA) is 26.3 Å². The van der Waals surface area contributed by atoms with Crippen LogP contribution in [0.25, 0.3) is 0 Å². The molecular weight excluding hydrogens is 176 g/mol. The van der Waals surface area contributed by atoms with Gasteiger partial charge >= 0.3 is 5.97 Å². The maximum atomic E-state index is 11.6. The predicted octanol–water partition coefficient (Wildman–Crippen LogP) is 2.69. The molecule has 2 heteroatoms. The summed E-state index contributed by atoms with van der Waals surface area (Å²) in [5, 5.41) is 0. The first-order chi connectivity index (χ1) is 6.59. The highest BCUT2D eigenvalue weighted by Crippen LogP contribution is 2.62. The molecule has 0 bridgehead atoms. The molecule has 0 aliphatic heterocycles. The molecule has 2 fully saturated rings. The van der Waals surface area contributed by atoms with E-state index < -0.39 is 0 Å². The summed E-state index contributed by atoms with van der Waals surface area (Å²) >= 11 is 0. The van der Waals surface area contributed by atoms with E-state index in [0.717, 1.165) is 0 Å². The third-order valence-corrected chi connectivity index (χ3v) is 3.48. The van der Waals surface area contributed by atoms with Gasteiger partial charge in [-0.2, -0.15) is 0 Å². The van der Waals surface area contributed by atoms with Gasteiger partial charge in [0.05, 0.1) is 12.5 Å². The molecule has 0 saturated heterocycles. The smallest absolute Gasteiger partial charge is 0.313 e. The molecular formula is C12H18O2. The fourth-order valence-electron chi connectivity index (χ4n) is 2.47. The van der Waals surface area contributed by atoms with Crippen molar-refractivity contribution in [1.29, 1.82) is 0 Å². The zero-order chi connectivity index (χ0) is 10.3. The molecule has 1 unspecified atom stereocenters. The number of esters is 1. The van der Waals surface area contributed by atoms with Crippen LogP contribution in [0.4, 0.5) is 0 Å². The van der Waals surface area contributed by atoms with E-state index in [0.29, 0.717) is 6.61 Å². The Hall–Kier alpha value is -0.790. The van der Waals surface area contributed by atoms with Gasteiger partial charge in [0.25, 0.3) is 0 Å². The van der Waals surface area contributed by atoms with Crippen molar-refractivity contribution in [2.24, 2.45) is 11.3 Å². The van der Waals surface area contributed by atoms with Gasteiger partial charge in [-0.25, -0.2) is 0 Å². The Morgan fingerprint density at radius 2 is 2.14 bits per heavy atom. The molecule has 0 spiro atoms. The molecule has 2 saturated carbocycles. The first-order valence-electron chi connectivity index (χ1n) is 5.48. The molecule has 0 aromatic heterocycles. The van der Waals surface area contributed by atoms with Crippen molar-refractivity contribution in [3.63, 3.8) is 0 Å². The molecule has 14 heavy (non-hydrogen) atoms. The summed E-state index contributed by atoms with van der Waals surface area (Å²) in [5.74, 6) is 0.0460. The van der Waals surface area contributed by atoms with Gasteiger partial charge in [0.15, 0.2) is 0 Å². The lowest BCUT2D eigenvalue weighted by molar-refractivity contribution is -0.145. The average Bonchev–Trinajstić information content (AvgIpc) is 2.51. The van der Waals surface area contributed by atoms with Crippen LogP contribution >= 0.6 is 0 Å². The monoisotopic (exact) mass is 194 g/mol. The molecule has 0 aromatic rings. The highest BCUT2D eigenvalue weighted by atomic mass is 16.5. The van der Waals surface area contributed by atoms with Gasteiger partial charge in [0.2, 0.25) is 0 Å². The molecule has 2 rings (SSSR count). The Morgan fingerprint density at radius 3 is 2.57 bits per heavy atom. The van der Waals surface area contributed by atoms with Crippen LogP contribution in [-0.2, 0) is 9.53 Å². The van der Waals surface area contributed by atoms with Crippen LogP contribution in [0.1, 0.15) is 40.0 Å². The second-order valence-corrected chi connectivity index (χ2v) is 4.78. The number of rotatable bonds is 2. The lowest BCUT2D eigenvalue weighted by Crippen LogP contribution is -2.10. The highest BCUT2D eigenvalue weighted by Gasteiger charge is 2.59. The summed E-state index contributed by atoms with van der Waals surface area (Å²) in [7, 11) is 0. The second-order valence-electron chi connectivity index (χ2n) is 4.78. The Balaban J connectivity index is 2.12. The number of ether oxygens (including phenoxy) is 1. The van der Waals surface area contributed by atoms with E-state index in [1.165, 1.54) is 30.4 Å². The maximum absolute atomic E-state index is 11.6. The van der Waals surface area contributed by atoms with Crippen molar-refractivity contribution >= 4 is 5.97 Å². The van der Waals surface area contributed by atoms with Gasteiger partial charge in [-0.3, -0.25) is 4.79 Å². The highest BCUT2D eigenvalue weighted by molar-refractivity contribution is 5.84. The van der Waals surface area contributed by atoms with Crippen LogP contribution in [0, 0.1) is 11.3 Å². The summed E-state index contributed by atoms with van der Waals surface area (Å²) in [5.41, 5.74) is 2.98. The summed E-state index contributed by atoms with van der Waals surface area (Å²) in [6, 6.07) is 0. The quantitative estimate of drug-likeness (QED) is 0.499. The number of hydrogen-bond acceptors (Lipinski definition) is 2. The van der Waals surface area contributed by atoms with Crippen molar-refractivity contribution in [3.8, 4) is 0 Å². The Labute approximate surface area is 85.3 Å². The molecule has 2 aliphatic rings. The summed E-state index contributed by atoms with van der Waals surface area (Å²) < 4.78 is 5.08. The lowest BCUT2D eigenvalue weighted by atomic mass is 9.90. The van der Waals surface area contributed by atoms with Crippen LogP contribution in [-0.4, -0.2) is 12.6 Å². The van der Waals surface area contributed by atoms with Gasteiger partial charge in [0, 0.05) is 5.41 Å². The molecule has 0 heterocycles. The van der Waals surface area contributed by atoms with Crippen molar-refractivity contribution < 1.29 is 9.53 Å². The largest absolute Gasteiger partial charge is 0.466 e. The van der Waals surface area contributed by atoms with E-state index in [2.05, 4.69) is 13.8 Å². The second kappa shape index (κ2) is 3.11. The van der Waals surface area contributed by atoms with Crippen LogP contribution < -0.4 is 0 Å². The minimum Gasteiger partial charge on any atom is -0.466 e. The first-order valence-corrected chi connectivity index (χ1v) is 5.48. The van der Waals surface area contributed by atoms with Crippen molar-refractivity contribution in [3.05, 3.63) is 11.1 Å². The summed E-state index contributed by atoms with van der Waals surface area (Å²) in [4.78, 5) is 11.6. The minimum atomic E-state index is -0.0214. The van der Waals surface area contributed by atoms with Gasteiger partial charge in [-0.05, 0) is 31.8 Å². The molecule has 0 amide bonds. The average molecular weight is 194 g/mol. The maximum Gasteiger partial charge on any atom is 0.313 e. The van der Waals surface area contributed by atoms with Gasteiger partial charge in [-0.1, -0.05) is 19.4 Å². The van der Waals surface area contributed by atoms with E-state index in [4.69, 9.17) is 4.74 Å². The van der Waals surface area contributed by atoms with Crippen molar-refractivity contribution in [2.75, 3.05) is 6.61 Å². The van der Waals surface area contributed by atoms with E-state index in [1.54, 1.807) is 0 Å². The minimum absolute atomic E-state index is 0.0214. The van der Waals surface area contributed by atoms with Crippen LogP contribution in [0.5, 0.6) is 0 Å². The standard InChI is InChI=1S/C12H18O2/c1-4-14-11(13)10-9(12(10,2)3)8-6-5-7-8/h10H,4-7H2,1-3H3. The zero-order valence-corrected chi connectivity index (χ0v) is 9.22. The number of hydrogen-bond donors (Lipinski definition) is 0. The van der Waals surface area contributed by atoms with Gasteiger partial charge < -0.3 is 4.74 Å².